The first-order valence-corrected chi connectivity index (χ1v) is 19.0. The predicted octanol–water partition coefficient (Wildman–Crippen LogP) is 5.75. The number of fused-ring (bicyclic) bond motifs is 4. The highest BCUT2D eigenvalue weighted by Crippen LogP contribution is 2.89. The summed E-state index contributed by atoms with van der Waals surface area (Å²) in [6, 6.07) is -2.22. The second-order valence-corrected chi connectivity index (χ2v) is 18.6. The van der Waals surface area contributed by atoms with Crippen LogP contribution >= 0.6 is 0 Å². The van der Waals surface area contributed by atoms with Gasteiger partial charge in [0.25, 0.3) is 0 Å². The number of aliphatic hydroxyl groups excluding tert-OH is 1. The molecule has 5 aliphatic carbocycles. The third-order valence-electron chi connectivity index (χ3n) is 16.0. The van der Waals surface area contributed by atoms with E-state index in [0.717, 1.165) is 38.5 Å². The molecule has 5 saturated carbocycles. The highest BCUT2D eigenvalue weighted by atomic mass is 19.4. The molecule has 0 aromatic carbocycles. The molecule has 2 N–H and O–H groups in total. The van der Waals surface area contributed by atoms with Gasteiger partial charge in [-0.2, -0.15) is 13.2 Å². The first-order chi connectivity index (χ1) is 22.9. The minimum Gasteiger partial charge on any atom is -0.390 e. The van der Waals surface area contributed by atoms with E-state index in [1.807, 2.05) is 18.7 Å². The summed E-state index contributed by atoms with van der Waals surface area (Å²) >= 11 is 0. The predicted molar refractivity (Wildman–Crippen MR) is 176 cm³/mol. The summed E-state index contributed by atoms with van der Waals surface area (Å²) in [5.74, 6) is 1.22. The van der Waals surface area contributed by atoms with Crippen LogP contribution in [0.3, 0.4) is 0 Å². The van der Waals surface area contributed by atoms with Gasteiger partial charge in [0.05, 0.1) is 37.6 Å². The van der Waals surface area contributed by atoms with Crippen molar-refractivity contribution < 1.29 is 42.1 Å². The number of rotatable bonds is 7. The van der Waals surface area contributed by atoms with Crippen molar-refractivity contribution in [3.63, 3.8) is 0 Å². The van der Waals surface area contributed by atoms with Gasteiger partial charge in [0.15, 0.2) is 12.3 Å². The van der Waals surface area contributed by atoms with Crippen molar-refractivity contribution in [2.75, 3.05) is 26.2 Å². The summed E-state index contributed by atoms with van der Waals surface area (Å²) in [6.07, 6.45) is 1.33. The van der Waals surface area contributed by atoms with Gasteiger partial charge in [-0.3, -0.25) is 10.1 Å². The molecule has 49 heavy (non-hydrogen) atoms. The van der Waals surface area contributed by atoms with Crippen LogP contribution in [0.2, 0.25) is 0 Å². The lowest BCUT2D eigenvalue weighted by Crippen LogP contribution is -2.60. The number of carbonyl (C=O) groups excluding carboxylic acids is 2. The number of aliphatic hydroxyl groups is 1. The number of morpholine rings is 1. The lowest BCUT2D eigenvalue weighted by molar-refractivity contribution is -0.248. The van der Waals surface area contributed by atoms with Gasteiger partial charge in [-0.25, -0.2) is 0 Å². The minimum absolute atomic E-state index is 0.0387. The quantitative estimate of drug-likeness (QED) is 0.328. The maximum Gasteiger partial charge on any atom is 0.410 e. The zero-order chi connectivity index (χ0) is 35.5. The standard InChI is InChI=1S/C38H59F3N2O6/c1-21(2)32(46)43-14-15-47-28(18-43)49-27-10-11-36-20-37(36)13-12-34(6)29-22(3)16-23(17-42-26(19-44)38(39,40)41)48-30(29)31(45)35(34,7)25(37)9-8-24(36)33(27,4)5/h19,21-31,42,45H,8-18,20H2,1-7H3/t22-,23?,24+,25?,26?,27?,28+,29+,30?,31+,34?,35-,36?,37?/m1/s1. The summed E-state index contributed by atoms with van der Waals surface area (Å²) < 4.78 is 59.2. The number of carbonyl (C=O) groups is 2. The maximum atomic E-state index is 13.3. The van der Waals surface area contributed by atoms with Crippen molar-refractivity contribution in [3.05, 3.63) is 0 Å². The van der Waals surface area contributed by atoms with Crippen LogP contribution in [0.5, 0.6) is 0 Å². The molecular formula is C38H59F3N2O6. The molecule has 7 fully saturated rings. The average molecular weight is 697 g/mol. The zero-order valence-electron chi connectivity index (χ0n) is 30.5. The smallest absolute Gasteiger partial charge is 0.390 e. The molecule has 0 bridgehead atoms. The van der Waals surface area contributed by atoms with Crippen molar-refractivity contribution in [2.45, 2.75) is 143 Å². The van der Waals surface area contributed by atoms with Crippen molar-refractivity contribution in [2.24, 2.45) is 56.7 Å². The minimum atomic E-state index is -4.65. The molecule has 278 valence electrons. The van der Waals surface area contributed by atoms with E-state index in [9.17, 15) is 27.9 Å². The van der Waals surface area contributed by atoms with Crippen molar-refractivity contribution in [1.29, 1.82) is 0 Å². The molecule has 7 aliphatic rings. The Bertz CT molecular complexity index is 1310. The Balaban J connectivity index is 1.08. The summed E-state index contributed by atoms with van der Waals surface area (Å²) in [5, 5.41) is 14.8. The topological polar surface area (TPSA) is 97.3 Å². The monoisotopic (exact) mass is 696 g/mol. The van der Waals surface area contributed by atoms with Gasteiger partial charge in [-0.05, 0) is 96.7 Å². The lowest BCUT2D eigenvalue weighted by Gasteiger charge is -2.64. The molecule has 7 rings (SSSR count). The van der Waals surface area contributed by atoms with E-state index >= 15 is 0 Å². The maximum absolute atomic E-state index is 13.3. The van der Waals surface area contributed by atoms with Gasteiger partial charge in [0.2, 0.25) is 5.91 Å². The Labute approximate surface area is 289 Å². The van der Waals surface area contributed by atoms with E-state index in [2.05, 4.69) is 39.9 Å². The van der Waals surface area contributed by atoms with E-state index in [1.165, 1.54) is 6.42 Å². The number of nitrogens with zero attached hydrogens (tertiary/aromatic N) is 1. The number of hydrogen-bond acceptors (Lipinski definition) is 7. The Hall–Kier alpha value is -1.27. The summed E-state index contributed by atoms with van der Waals surface area (Å²) in [4.78, 5) is 25.8. The molecule has 2 heterocycles. The van der Waals surface area contributed by atoms with Gasteiger partial charge < -0.3 is 29.0 Å². The van der Waals surface area contributed by atoms with E-state index < -0.39 is 36.8 Å². The number of nitrogens with one attached hydrogen (secondary N) is 1. The van der Waals surface area contributed by atoms with Crippen LogP contribution in [0.4, 0.5) is 13.2 Å². The van der Waals surface area contributed by atoms with Gasteiger partial charge in [0, 0.05) is 24.4 Å². The fourth-order valence-electron chi connectivity index (χ4n) is 13.7. The third-order valence-corrected chi connectivity index (χ3v) is 16.0. The summed E-state index contributed by atoms with van der Waals surface area (Å²) in [5.41, 5.74) is -0.214. The largest absolute Gasteiger partial charge is 0.410 e. The Morgan fingerprint density at radius 2 is 1.78 bits per heavy atom. The van der Waals surface area contributed by atoms with Gasteiger partial charge in [-0.1, -0.05) is 48.5 Å². The SMILES string of the molecule is CC(C)C(=O)N1CCO[C@@H](OC2CCC34CC35CCC3(C)[C@@H]6C(OC(CNC(C=O)C(F)(F)F)C[C@H]6C)[C@H](O)[C@@]3(C)C5CC[C@H]4C2(C)C)C1. The molecule has 11 heteroatoms. The zero-order valence-corrected chi connectivity index (χ0v) is 30.5. The van der Waals surface area contributed by atoms with Crippen LogP contribution in [0.1, 0.15) is 99.8 Å². The molecule has 0 aromatic rings. The Morgan fingerprint density at radius 1 is 1.08 bits per heavy atom. The van der Waals surface area contributed by atoms with Crippen LogP contribution in [0.25, 0.3) is 0 Å². The second kappa shape index (κ2) is 11.9. The van der Waals surface area contributed by atoms with E-state index in [0.29, 0.717) is 38.0 Å². The number of halogens is 3. The number of amides is 1. The van der Waals surface area contributed by atoms with Crippen molar-refractivity contribution >= 4 is 12.2 Å². The molecular weight excluding hydrogens is 637 g/mol. The molecule has 0 aromatic heterocycles. The lowest BCUT2D eigenvalue weighted by atomic mass is 9.41. The number of alkyl halides is 3. The fourth-order valence-corrected chi connectivity index (χ4v) is 13.7. The molecule has 2 aliphatic heterocycles. The van der Waals surface area contributed by atoms with E-state index in [4.69, 9.17) is 14.2 Å². The molecule has 2 saturated heterocycles. The van der Waals surface area contributed by atoms with Gasteiger partial charge in [0.1, 0.15) is 6.29 Å². The number of ether oxygens (including phenoxy) is 3. The van der Waals surface area contributed by atoms with Gasteiger partial charge >= 0.3 is 6.18 Å². The van der Waals surface area contributed by atoms with Crippen molar-refractivity contribution in [1.82, 2.24) is 10.2 Å². The summed E-state index contributed by atoms with van der Waals surface area (Å²) in [6.45, 7) is 17.0. The molecule has 14 atom stereocenters. The molecule has 8 unspecified atom stereocenters. The first-order valence-electron chi connectivity index (χ1n) is 19.0. The molecule has 1 amide bonds. The average Bonchev–Trinajstić information content (AvgIpc) is 3.66. The second-order valence-electron chi connectivity index (χ2n) is 18.6. The molecule has 8 nitrogen and oxygen atoms in total. The van der Waals surface area contributed by atoms with E-state index in [-0.39, 0.29) is 69.7 Å². The van der Waals surface area contributed by atoms with Crippen LogP contribution in [-0.4, -0.2) is 91.4 Å². The van der Waals surface area contributed by atoms with Crippen LogP contribution in [0, 0.1) is 56.7 Å². The highest BCUT2D eigenvalue weighted by molar-refractivity contribution is 5.78. The summed E-state index contributed by atoms with van der Waals surface area (Å²) in [7, 11) is 0. The van der Waals surface area contributed by atoms with E-state index in [1.54, 1.807) is 0 Å². The number of hydrogen-bond donors (Lipinski definition) is 2. The third kappa shape index (κ3) is 5.08. The van der Waals surface area contributed by atoms with Crippen LogP contribution in [0.15, 0.2) is 0 Å². The molecule has 2 spiro atoms. The number of aldehydes is 1. The van der Waals surface area contributed by atoms with Crippen molar-refractivity contribution in [3.8, 4) is 0 Å². The Morgan fingerprint density at radius 3 is 2.45 bits per heavy atom. The van der Waals surface area contributed by atoms with Gasteiger partial charge in [-0.15, -0.1) is 0 Å². The molecule has 0 radical (unpaired) electrons. The van der Waals surface area contributed by atoms with Crippen LogP contribution < -0.4 is 5.32 Å². The fraction of sp³-hybridized carbons (Fsp3) is 0.947. The van der Waals surface area contributed by atoms with Crippen LogP contribution in [-0.2, 0) is 23.8 Å². The Kier molecular flexibility index (Phi) is 8.75. The normalized spacial score (nSPS) is 49.2. The first kappa shape index (κ1) is 36.1. The highest BCUT2D eigenvalue weighted by Gasteiger charge is 2.84.